The minimum atomic E-state index is -0.576. The Bertz CT molecular complexity index is 1380. The van der Waals surface area contributed by atoms with Gasteiger partial charge in [-0.3, -0.25) is 19.3 Å². The predicted octanol–water partition coefficient (Wildman–Crippen LogP) is 4.79. The molecule has 7 nitrogen and oxygen atoms in total. The molecule has 0 aliphatic carbocycles. The smallest absolute Gasteiger partial charge is 0.308 e. The average molecular weight is 504 g/mol. The third-order valence-electron chi connectivity index (χ3n) is 5.81. The molecule has 0 fully saturated rings. The lowest BCUT2D eigenvalue weighted by molar-refractivity contribution is -0.155. The molecule has 0 saturated heterocycles. The van der Waals surface area contributed by atoms with Crippen molar-refractivity contribution in [3.63, 3.8) is 0 Å². The lowest BCUT2D eigenvalue weighted by Gasteiger charge is -2.21. The predicted molar refractivity (Wildman–Crippen MR) is 144 cm³/mol. The number of fused-ring (bicyclic) bond motifs is 3. The number of aliphatic imine (C=N–C) groups is 1. The molecule has 1 aromatic carbocycles. The highest BCUT2D eigenvalue weighted by Gasteiger charge is 2.33. The number of carbonyl (C=O) groups is 1. The molecule has 3 aromatic rings. The summed E-state index contributed by atoms with van der Waals surface area (Å²) in [4.78, 5) is 21.3. The Balaban J connectivity index is 1.82. The molecule has 0 spiro atoms. The quantitative estimate of drug-likeness (QED) is 0.378. The fraction of sp³-hybridized carbons (Fsp3) is 0.429. The third-order valence-corrected chi connectivity index (χ3v) is 7.00. The van der Waals surface area contributed by atoms with Crippen LogP contribution in [0.3, 0.4) is 0 Å². The molecule has 0 radical (unpaired) electrons. The van der Waals surface area contributed by atoms with Crippen LogP contribution in [0.4, 0.5) is 0 Å². The van der Waals surface area contributed by atoms with E-state index in [4.69, 9.17) is 9.73 Å². The van der Waals surface area contributed by atoms with Gasteiger partial charge < -0.3 is 4.74 Å². The van der Waals surface area contributed by atoms with Gasteiger partial charge in [-0.15, -0.1) is 21.5 Å². The van der Waals surface area contributed by atoms with E-state index in [0.717, 1.165) is 33.2 Å². The summed E-state index contributed by atoms with van der Waals surface area (Å²) in [6, 6.07) is 7.63. The fourth-order valence-corrected chi connectivity index (χ4v) is 5.29. The second-order valence-electron chi connectivity index (χ2n) is 10.3. The number of benzene rings is 1. The van der Waals surface area contributed by atoms with E-state index < -0.39 is 11.6 Å². The van der Waals surface area contributed by atoms with Gasteiger partial charge in [0.15, 0.2) is 5.82 Å². The number of aryl methyl sites for hydroxylation is 2. The number of hydrogen-bond acceptors (Lipinski definition) is 7. The van der Waals surface area contributed by atoms with E-state index in [1.165, 1.54) is 10.4 Å². The zero-order valence-corrected chi connectivity index (χ0v) is 23.1. The molecule has 2 aromatic heterocycles. The first-order chi connectivity index (χ1) is 16.9. The maximum Gasteiger partial charge on any atom is 0.308 e. The molecule has 0 unspecified atom stereocenters. The molecule has 0 bridgehead atoms. The van der Waals surface area contributed by atoms with Gasteiger partial charge in [0.25, 0.3) is 0 Å². The van der Waals surface area contributed by atoms with Crippen LogP contribution in [0.15, 0.2) is 29.3 Å². The van der Waals surface area contributed by atoms with E-state index in [1.807, 2.05) is 63.4 Å². The molecule has 3 heterocycles. The standard InChI is InChI=1S/C28H33N5O2S/c1-17-18(2)36-27-24(17)25(21-13-11-20(12-14-21)10-9-15-32(7)8)29-22(16-23(34)35-28(4,5)6)26-31-30-19(3)33(26)27/h11-14,22H,15-16H2,1-8H3/t22-/m0/s1. The molecule has 1 aliphatic rings. The zero-order valence-electron chi connectivity index (χ0n) is 22.3. The van der Waals surface area contributed by atoms with E-state index in [2.05, 4.69) is 48.0 Å². The van der Waals surface area contributed by atoms with E-state index >= 15 is 0 Å². The maximum atomic E-state index is 12.9. The van der Waals surface area contributed by atoms with E-state index in [0.29, 0.717) is 12.4 Å². The Kier molecular flexibility index (Phi) is 7.17. The topological polar surface area (TPSA) is 72.6 Å². The molecule has 8 heteroatoms. The molecule has 1 atom stereocenters. The molecule has 0 amide bonds. The summed E-state index contributed by atoms with van der Waals surface area (Å²) in [7, 11) is 4.00. The summed E-state index contributed by atoms with van der Waals surface area (Å²) in [5, 5.41) is 9.83. The SMILES string of the molecule is Cc1sc2c(c1C)C(c1ccc(C#CCN(C)C)cc1)=N[C@@H](CC(=O)OC(C)(C)C)c1nnc(C)n1-2. The number of nitrogens with zero attached hydrogens (tertiary/aromatic N) is 5. The van der Waals surface area contributed by atoms with Gasteiger partial charge in [0.05, 0.1) is 18.7 Å². The summed E-state index contributed by atoms with van der Waals surface area (Å²) in [5.41, 5.74) is 4.42. The lowest BCUT2D eigenvalue weighted by atomic mass is 9.98. The number of thiophene rings is 1. The van der Waals surface area contributed by atoms with Crippen molar-refractivity contribution in [3.8, 4) is 16.8 Å². The van der Waals surface area contributed by atoms with Gasteiger partial charge in [0, 0.05) is 21.6 Å². The number of rotatable bonds is 4. The van der Waals surface area contributed by atoms with Gasteiger partial charge in [-0.1, -0.05) is 24.0 Å². The maximum absolute atomic E-state index is 12.9. The Morgan fingerprint density at radius 3 is 2.47 bits per heavy atom. The average Bonchev–Trinajstić information content (AvgIpc) is 3.25. The number of esters is 1. The van der Waals surface area contributed by atoms with Crippen molar-refractivity contribution >= 4 is 23.0 Å². The molecule has 1 aliphatic heterocycles. The van der Waals surface area contributed by atoms with Crippen molar-refractivity contribution in [2.24, 2.45) is 4.99 Å². The monoisotopic (exact) mass is 503 g/mol. The van der Waals surface area contributed by atoms with E-state index in [1.54, 1.807) is 11.3 Å². The zero-order chi connectivity index (χ0) is 26.2. The largest absolute Gasteiger partial charge is 0.460 e. The van der Waals surface area contributed by atoms with Crippen LogP contribution in [-0.2, 0) is 9.53 Å². The van der Waals surface area contributed by atoms with Gasteiger partial charge in [-0.05, 0) is 73.3 Å². The van der Waals surface area contributed by atoms with Gasteiger partial charge in [0.1, 0.15) is 22.5 Å². The molecular weight excluding hydrogens is 470 g/mol. The van der Waals surface area contributed by atoms with Crippen molar-refractivity contribution in [2.45, 2.75) is 59.6 Å². The van der Waals surface area contributed by atoms with Crippen LogP contribution in [0.2, 0.25) is 0 Å². The van der Waals surface area contributed by atoms with Crippen LogP contribution in [0.25, 0.3) is 5.00 Å². The minimum Gasteiger partial charge on any atom is -0.460 e. The summed E-state index contributed by atoms with van der Waals surface area (Å²) >= 11 is 1.70. The Labute approximate surface area is 217 Å². The van der Waals surface area contributed by atoms with Crippen molar-refractivity contribution in [1.29, 1.82) is 0 Å². The van der Waals surface area contributed by atoms with Gasteiger partial charge in [0.2, 0.25) is 0 Å². The van der Waals surface area contributed by atoms with Crippen molar-refractivity contribution in [1.82, 2.24) is 19.7 Å². The Hall–Kier alpha value is -3.28. The van der Waals surface area contributed by atoms with Gasteiger partial charge >= 0.3 is 5.97 Å². The lowest BCUT2D eigenvalue weighted by Crippen LogP contribution is -2.25. The highest BCUT2D eigenvalue weighted by Crippen LogP contribution is 2.39. The third kappa shape index (κ3) is 5.43. The summed E-state index contributed by atoms with van der Waals surface area (Å²) in [5.74, 6) is 7.50. The highest BCUT2D eigenvalue weighted by atomic mass is 32.1. The van der Waals surface area contributed by atoms with Crippen molar-refractivity contribution in [3.05, 3.63) is 63.0 Å². The van der Waals surface area contributed by atoms with Crippen LogP contribution in [0, 0.1) is 32.6 Å². The number of hydrogen-bond donors (Lipinski definition) is 0. The fourth-order valence-electron chi connectivity index (χ4n) is 4.08. The normalized spacial score (nSPS) is 14.9. The summed E-state index contributed by atoms with van der Waals surface area (Å²) < 4.78 is 7.68. The number of carbonyl (C=O) groups excluding carboxylic acids is 1. The van der Waals surface area contributed by atoms with Gasteiger partial charge in [-0.2, -0.15) is 0 Å². The molecule has 4 rings (SSSR count). The van der Waals surface area contributed by atoms with Gasteiger partial charge in [-0.25, -0.2) is 0 Å². The first-order valence-corrected chi connectivity index (χ1v) is 12.8. The second kappa shape index (κ2) is 10.00. The first-order valence-electron chi connectivity index (χ1n) is 12.0. The van der Waals surface area contributed by atoms with Crippen molar-refractivity contribution in [2.75, 3.05) is 20.6 Å². The molecule has 36 heavy (non-hydrogen) atoms. The van der Waals surface area contributed by atoms with Crippen LogP contribution in [0.5, 0.6) is 0 Å². The van der Waals surface area contributed by atoms with Crippen LogP contribution < -0.4 is 0 Å². The highest BCUT2D eigenvalue weighted by molar-refractivity contribution is 7.15. The molecule has 0 N–H and O–H groups in total. The Morgan fingerprint density at radius 1 is 1.14 bits per heavy atom. The number of ether oxygens (including phenoxy) is 1. The van der Waals surface area contributed by atoms with Crippen LogP contribution in [-0.4, -0.2) is 57.6 Å². The summed E-state index contributed by atoms with van der Waals surface area (Å²) in [6.45, 7) is 12.5. The molecule has 188 valence electrons. The second-order valence-corrected chi connectivity index (χ2v) is 11.5. The van der Waals surface area contributed by atoms with Crippen LogP contribution >= 0.6 is 11.3 Å². The van der Waals surface area contributed by atoms with Crippen LogP contribution in [0.1, 0.15) is 72.0 Å². The van der Waals surface area contributed by atoms with E-state index in [9.17, 15) is 4.79 Å². The number of aromatic nitrogens is 3. The van der Waals surface area contributed by atoms with Crippen molar-refractivity contribution < 1.29 is 9.53 Å². The first kappa shape index (κ1) is 25.8. The molecule has 0 saturated carbocycles. The van der Waals surface area contributed by atoms with E-state index in [-0.39, 0.29) is 12.4 Å². The molecular formula is C28H33N5O2S. The summed E-state index contributed by atoms with van der Waals surface area (Å²) in [6.07, 6.45) is 0.0833. The minimum absolute atomic E-state index is 0.0833. The Morgan fingerprint density at radius 2 is 1.83 bits per heavy atom.